The van der Waals surface area contributed by atoms with Crippen LogP contribution >= 0.6 is 46.4 Å². The van der Waals surface area contributed by atoms with Gasteiger partial charge >= 0.3 is 0 Å². The Hall–Kier alpha value is -2.65. The quantitative estimate of drug-likeness (QED) is 0.237. The van der Waals surface area contributed by atoms with Gasteiger partial charge in [-0.2, -0.15) is 0 Å². The van der Waals surface area contributed by atoms with Gasteiger partial charge < -0.3 is 16.4 Å². The zero-order valence-corrected chi connectivity index (χ0v) is 20.3. The van der Waals surface area contributed by atoms with Crippen molar-refractivity contribution in [3.8, 4) is 0 Å². The van der Waals surface area contributed by atoms with Crippen molar-refractivity contribution in [3.05, 3.63) is 87.2 Å². The van der Waals surface area contributed by atoms with E-state index in [2.05, 4.69) is 10.6 Å². The number of alkyl halides is 2. The molecule has 4 rings (SSSR count). The number of amides is 2. The molecule has 1 aliphatic rings. The summed E-state index contributed by atoms with van der Waals surface area (Å²) in [6, 6.07) is 9.71. The average molecular weight is 563 g/mol. The first kappa shape index (κ1) is 25.4. The Morgan fingerprint density at radius 3 is 2.11 bits per heavy atom. The van der Waals surface area contributed by atoms with Gasteiger partial charge in [0.2, 0.25) is 5.91 Å². The van der Waals surface area contributed by atoms with Crippen molar-refractivity contribution in [3.63, 3.8) is 0 Å². The van der Waals surface area contributed by atoms with E-state index in [0.29, 0.717) is 5.56 Å². The van der Waals surface area contributed by atoms with Crippen molar-refractivity contribution >= 4 is 75.3 Å². The number of hydrogen-bond donors (Lipinski definition) is 3. The number of carbonyl (C=O) groups excluding carboxylic acids is 2. The molecule has 3 aromatic carbocycles. The van der Waals surface area contributed by atoms with Crippen molar-refractivity contribution < 1.29 is 22.8 Å². The Labute approximate surface area is 217 Å². The van der Waals surface area contributed by atoms with Crippen LogP contribution in [0.15, 0.2) is 48.5 Å². The van der Waals surface area contributed by atoms with Gasteiger partial charge in [-0.15, -0.1) is 23.2 Å². The molecule has 1 fully saturated rings. The van der Waals surface area contributed by atoms with E-state index in [4.69, 9.17) is 52.1 Å². The number of nitrogens with one attached hydrogen (secondary N) is 2. The fraction of sp³-hybridized carbons (Fsp3) is 0.130. The van der Waals surface area contributed by atoms with E-state index in [1.165, 1.54) is 30.3 Å². The van der Waals surface area contributed by atoms with Crippen molar-refractivity contribution in [1.29, 1.82) is 0 Å². The summed E-state index contributed by atoms with van der Waals surface area (Å²) in [6.07, 6.45) is 0. The molecule has 0 aromatic heterocycles. The van der Waals surface area contributed by atoms with Gasteiger partial charge in [-0.1, -0.05) is 29.3 Å². The lowest BCUT2D eigenvalue weighted by molar-refractivity contribution is -0.117. The molecule has 0 saturated heterocycles. The Bertz CT molecular complexity index is 1350. The van der Waals surface area contributed by atoms with E-state index in [-0.39, 0.29) is 27.0 Å². The molecule has 12 heteroatoms. The topological polar surface area (TPSA) is 84.2 Å². The molecule has 0 radical (unpaired) electrons. The summed E-state index contributed by atoms with van der Waals surface area (Å²) < 4.78 is 39.4. The van der Waals surface area contributed by atoms with Crippen molar-refractivity contribution in [2.75, 3.05) is 16.4 Å². The molecular weight excluding hydrogens is 549 g/mol. The SMILES string of the molecule is Nc1c(F)cc(NC(=O)c2cc(NC(=O)[C@H]3[C@H](c4ccc(F)c(Cl)c4)C3(Cl)Cl)ccc2Cl)cc1F. The predicted octanol–water partition coefficient (Wildman–Crippen LogP) is 6.77. The van der Waals surface area contributed by atoms with E-state index >= 15 is 0 Å². The Kier molecular flexibility index (Phi) is 6.85. The fourth-order valence-electron chi connectivity index (χ4n) is 3.63. The fourth-order valence-corrected chi connectivity index (χ4v) is 4.85. The highest BCUT2D eigenvalue weighted by Gasteiger charge is 2.67. The monoisotopic (exact) mass is 561 g/mol. The molecule has 0 aliphatic heterocycles. The predicted molar refractivity (Wildman–Crippen MR) is 131 cm³/mol. The van der Waals surface area contributed by atoms with Crippen molar-refractivity contribution in [2.24, 2.45) is 5.92 Å². The Balaban J connectivity index is 1.51. The molecule has 4 N–H and O–H groups in total. The number of hydrogen-bond acceptors (Lipinski definition) is 3. The first-order valence-corrected chi connectivity index (χ1v) is 11.4. The van der Waals surface area contributed by atoms with Gasteiger partial charge in [0, 0.05) is 17.3 Å². The van der Waals surface area contributed by atoms with Crippen molar-refractivity contribution in [1.82, 2.24) is 0 Å². The second-order valence-corrected chi connectivity index (χ2v) is 10.1. The number of nitrogens with two attached hydrogens (primary N) is 1. The van der Waals surface area contributed by atoms with E-state index in [0.717, 1.165) is 18.2 Å². The molecule has 1 saturated carbocycles. The zero-order valence-electron chi connectivity index (χ0n) is 17.3. The summed E-state index contributed by atoms with van der Waals surface area (Å²) in [5, 5.41) is 4.81. The van der Waals surface area contributed by atoms with Crippen LogP contribution in [0.1, 0.15) is 21.8 Å². The van der Waals surface area contributed by atoms with E-state index in [1.807, 2.05) is 0 Å². The molecule has 35 heavy (non-hydrogen) atoms. The first-order valence-electron chi connectivity index (χ1n) is 9.89. The summed E-state index contributed by atoms with van der Waals surface area (Å²) in [6.45, 7) is 0. The lowest BCUT2D eigenvalue weighted by Gasteiger charge is -2.11. The molecule has 5 nitrogen and oxygen atoms in total. The van der Waals surface area contributed by atoms with Crippen LogP contribution in [0.2, 0.25) is 10.0 Å². The molecule has 2 atom stereocenters. The minimum atomic E-state index is -1.46. The number of rotatable bonds is 5. The molecule has 0 spiro atoms. The number of halogens is 7. The minimum Gasteiger partial charge on any atom is -0.394 e. The molecule has 0 unspecified atom stereocenters. The van der Waals surface area contributed by atoms with Gasteiger partial charge in [-0.25, -0.2) is 13.2 Å². The molecule has 1 aliphatic carbocycles. The molecule has 0 heterocycles. The average Bonchev–Trinajstić information content (AvgIpc) is 3.37. The lowest BCUT2D eigenvalue weighted by Crippen LogP contribution is -2.18. The van der Waals surface area contributed by atoms with E-state index in [1.54, 1.807) is 0 Å². The Morgan fingerprint density at radius 1 is 0.829 bits per heavy atom. The van der Waals surface area contributed by atoms with Gasteiger partial charge in [-0.3, -0.25) is 9.59 Å². The second-order valence-electron chi connectivity index (χ2n) is 7.79. The zero-order chi connectivity index (χ0) is 25.7. The number of nitrogen functional groups attached to an aromatic ring is 1. The lowest BCUT2D eigenvalue weighted by atomic mass is 10.1. The summed E-state index contributed by atoms with van der Waals surface area (Å²) in [5.74, 6) is -5.58. The van der Waals surface area contributed by atoms with Crippen LogP contribution in [0, 0.1) is 23.4 Å². The maximum Gasteiger partial charge on any atom is 0.257 e. The third-order valence-corrected chi connectivity index (χ3v) is 7.01. The Morgan fingerprint density at radius 2 is 1.49 bits per heavy atom. The summed E-state index contributed by atoms with van der Waals surface area (Å²) in [5.41, 5.74) is 4.96. The van der Waals surface area contributed by atoms with Gasteiger partial charge in [0.1, 0.15) is 15.8 Å². The van der Waals surface area contributed by atoms with E-state index in [9.17, 15) is 22.8 Å². The molecule has 3 aromatic rings. The summed E-state index contributed by atoms with van der Waals surface area (Å²) in [4.78, 5) is 25.5. The first-order chi connectivity index (χ1) is 16.4. The maximum atomic E-state index is 13.7. The highest BCUT2D eigenvalue weighted by Crippen LogP contribution is 2.65. The van der Waals surface area contributed by atoms with Crippen LogP contribution < -0.4 is 16.4 Å². The number of carbonyl (C=O) groups is 2. The van der Waals surface area contributed by atoms with Crippen LogP contribution in [0.25, 0.3) is 0 Å². The largest absolute Gasteiger partial charge is 0.394 e. The van der Waals surface area contributed by atoms with Crippen molar-refractivity contribution in [2.45, 2.75) is 10.3 Å². The minimum absolute atomic E-state index is 0.0196. The smallest absolute Gasteiger partial charge is 0.257 e. The van der Waals surface area contributed by atoms with Crippen LogP contribution in [-0.2, 0) is 4.79 Å². The van der Waals surface area contributed by atoms with Crippen LogP contribution in [-0.4, -0.2) is 16.1 Å². The van der Waals surface area contributed by atoms with Crippen LogP contribution in [0.5, 0.6) is 0 Å². The second kappa shape index (κ2) is 9.43. The maximum absolute atomic E-state index is 13.7. The molecule has 182 valence electrons. The highest BCUT2D eigenvalue weighted by molar-refractivity contribution is 6.53. The van der Waals surface area contributed by atoms with Gasteiger partial charge in [0.25, 0.3) is 5.91 Å². The number of benzene rings is 3. The van der Waals surface area contributed by atoms with Gasteiger partial charge in [0.05, 0.1) is 21.5 Å². The standard InChI is InChI=1S/C23H14Cl4F3N3O2/c24-13-3-2-10(6-12(13)21(34)33-11-7-16(29)20(31)17(30)8-11)32-22(35)19-18(23(19,26)27)9-1-4-15(28)14(25)5-9/h1-8,18-19H,31H2,(H,32,35)(H,33,34)/t18-,19+/m0/s1. The molecule has 2 amide bonds. The third kappa shape index (κ3) is 5.02. The van der Waals surface area contributed by atoms with Gasteiger partial charge in [0.15, 0.2) is 11.6 Å². The molecule has 0 bridgehead atoms. The summed E-state index contributed by atoms with van der Waals surface area (Å²) in [7, 11) is 0. The highest BCUT2D eigenvalue weighted by atomic mass is 35.5. The summed E-state index contributed by atoms with van der Waals surface area (Å²) >= 11 is 24.5. The number of anilines is 3. The van der Waals surface area contributed by atoms with Crippen LogP contribution in [0.4, 0.5) is 30.2 Å². The normalized spacial score (nSPS) is 18.1. The van der Waals surface area contributed by atoms with E-state index < -0.39 is 51.1 Å². The molecular formula is C23H14Cl4F3N3O2. The van der Waals surface area contributed by atoms with Crippen LogP contribution in [0.3, 0.4) is 0 Å². The van der Waals surface area contributed by atoms with Gasteiger partial charge in [-0.05, 0) is 48.0 Å². The third-order valence-electron chi connectivity index (χ3n) is 5.45.